The van der Waals surface area contributed by atoms with Crippen molar-refractivity contribution < 1.29 is 0 Å². The number of halogens is 1. The van der Waals surface area contributed by atoms with Gasteiger partial charge in [-0.05, 0) is 43.4 Å². The highest BCUT2D eigenvalue weighted by Crippen LogP contribution is 2.28. The highest BCUT2D eigenvalue weighted by atomic mass is 127. The second-order valence-electron chi connectivity index (χ2n) is 6.83. The van der Waals surface area contributed by atoms with E-state index in [1.807, 2.05) is 31.3 Å². The minimum atomic E-state index is 0. The summed E-state index contributed by atoms with van der Waals surface area (Å²) in [6.07, 6.45) is 10.2. The summed E-state index contributed by atoms with van der Waals surface area (Å²) in [4.78, 5) is 11.1. The molecule has 25 heavy (non-hydrogen) atoms. The first kappa shape index (κ1) is 22.0. The lowest BCUT2D eigenvalue weighted by atomic mass is 10.0. The molecule has 1 aliphatic rings. The van der Waals surface area contributed by atoms with Crippen molar-refractivity contribution >= 4 is 35.8 Å². The lowest BCUT2D eigenvalue weighted by molar-refractivity contribution is 0.481. The van der Waals surface area contributed by atoms with Gasteiger partial charge in [0.2, 0.25) is 0 Å². The average Bonchev–Trinajstić information content (AvgIpc) is 3.10. The van der Waals surface area contributed by atoms with Crippen LogP contribution in [0.2, 0.25) is 0 Å². The van der Waals surface area contributed by atoms with Crippen molar-refractivity contribution in [3.05, 3.63) is 23.9 Å². The van der Waals surface area contributed by atoms with Crippen LogP contribution in [0, 0.1) is 5.92 Å². The van der Waals surface area contributed by atoms with Crippen molar-refractivity contribution in [2.45, 2.75) is 52.0 Å². The van der Waals surface area contributed by atoms with E-state index in [1.54, 1.807) is 0 Å². The predicted octanol–water partition coefficient (Wildman–Crippen LogP) is 3.79. The number of hydrogen-bond acceptors (Lipinski definition) is 3. The minimum Gasteiger partial charge on any atom is -0.363 e. The van der Waals surface area contributed by atoms with Crippen LogP contribution in [0.5, 0.6) is 0 Å². The molecule has 0 saturated heterocycles. The van der Waals surface area contributed by atoms with Crippen LogP contribution >= 0.6 is 24.0 Å². The zero-order chi connectivity index (χ0) is 17.2. The molecule has 1 aromatic heterocycles. The number of nitrogens with one attached hydrogen (secondary N) is 2. The van der Waals surface area contributed by atoms with Gasteiger partial charge < -0.3 is 15.5 Å². The Balaban J connectivity index is 0.00000312. The molecule has 1 aromatic rings. The number of aromatic nitrogens is 1. The summed E-state index contributed by atoms with van der Waals surface area (Å²) in [7, 11) is 4.01. The topological polar surface area (TPSA) is 52.6 Å². The molecule has 0 amide bonds. The Bertz CT molecular complexity index is 512. The maximum Gasteiger partial charge on any atom is 0.191 e. The van der Waals surface area contributed by atoms with Gasteiger partial charge in [-0.1, -0.05) is 25.7 Å². The van der Waals surface area contributed by atoms with E-state index >= 15 is 0 Å². The van der Waals surface area contributed by atoms with Gasteiger partial charge in [-0.3, -0.25) is 0 Å². The molecule has 1 aliphatic carbocycles. The van der Waals surface area contributed by atoms with Gasteiger partial charge in [-0.25, -0.2) is 9.98 Å². The molecule has 0 unspecified atom stereocenters. The van der Waals surface area contributed by atoms with Gasteiger partial charge in [0.15, 0.2) is 5.96 Å². The van der Waals surface area contributed by atoms with E-state index in [9.17, 15) is 0 Å². The average molecular weight is 459 g/mol. The second kappa shape index (κ2) is 12.3. The van der Waals surface area contributed by atoms with Crippen LogP contribution < -0.4 is 15.5 Å². The van der Waals surface area contributed by atoms with Crippen LogP contribution in [-0.4, -0.2) is 38.1 Å². The number of anilines is 1. The summed E-state index contributed by atoms with van der Waals surface area (Å²) in [6.45, 7) is 4.66. The normalized spacial score (nSPS) is 14.9. The molecule has 1 heterocycles. The Morgan fingerprint density at radius 2 is 2.04 bits per heavy atom. The summed E-state index contributed by atoms with van der Waals surface area (Å²) in [5.74, 6) is 2.84. The first-order chi connectivity index (χ1) is 11.7. The molecule has 0 aliphatic heterocycles. The van der Waals surface area contributed by atoms with Gasteiger partial charge in [0.05, 0.1) is 6.54 Å². The Labute approximate surface area is 170 Å². The molecule has 0 atom stereocenters. The standard InChI is InChI=1S/C19H33N5.HI/c1-4-20-19(22-12-7-10-16-8-5-6-9-16)23-15-17-11-13-21-18(14-17)24(2)3;/h11,13-14,16H,4-10,12,15H2,1-3H3,(H2,20,22,23);1H. The third-order valence-electron chi connectivity index (χ3n) is 4.59. The molecule has 6 heteroatoms. The Hall–Kier alpha value is -1.05. The molecule has 2 N–H and O–H groups in total. The fourth-order valence-corrected chi connectivity index (χ4v) is 3.21. The highest BCUT2D eigenvalue weighted by molar-refractivity contribution is 14.0. The first-order valence-corrected chi connectivity index (χ1v) is 9.33. The molecule has 0 radical (unpaired) electrons. The van der Waals surface area contributed by atoms with Crippen molar-refractivity contribution in [2.75, 3.05) is 32.1 Å². The Kier molecular flexibility index (Phi) is 10.8. The first-order valence-electron chi connectivity index (χ1n) is 9.33. The van der Waals surface area contributed by atoms with Gasteiger partial charge in [0.1, 0.15) is 5.82 Å². The van der Waals surface area contributed by atoms with Crippen molar-refractivity contribution in [3.63, 3.8) is 0 Å². The Morgan fingerprint density at radius 3 is 2.72 bits per heavy atom. The van der Waals surface area contributed by atoms with Crippen LogP contribution in [0.15, 0.2) is 23.3 Å². The summed E-state index contributed by atoms with van der Waals surface area (Å²) >= 11 is 0. The van der Waals surface area contributed by atoms with Crippen LogP contribution in [0.25, 0.3) is 0 Å². The summed E-state index contributed by atoms with van der Waals surface area (Å²) in [5, 5.41) is 6.80. The smallest absolute Gasteiger partial charge is 0.191 e. The summed E-state index contributed by atoms with van der Waals surface area (Å²) in [5.41, 5.74) is 1.18. The van der Waals surface area contributed by atoms with E-state index in [0.29, 0.717) is 6.54 Å². The number of hydrogen-bond donors (Lipinski definition) is 2. The number of pyridine rings is 1. The van der Waals surface area contributed by atoms with E-state index in [0.717, 1.165) is 30.8 Å². The highest BCUT2D eigenvalue weighted by Gasteiger charge is 2.13. The number of aliphatic imine (C=N–C) groups is 1. The van der Waals surface area contributed by atoms with Gasteiger partial charge in [0.25, 0.3) is 0 Å². The maximum absolute atomic E-state index is 4.70. The fourth-order valence-electron chi connectivity index (χ4n) is 3.21. The van der Waals surface area contributed by atoms with Crippen molar-refractivity contribution in [1.82, 2.24) is 15.6 Å². The van der Waals surface area contributed by atoms with E-state index in [4.69, 9.17) is 4.99 Å². The van der Waals surface area contributed by atoms with Gasteiger partial charge in [0, 0.05) is 33.4 Å². The van der Waals surface area contributed by atoms with Crippen LogP contribution in [0.4, 0.5) is 5.82 Å². The van der Waals surface area contributed by atoms with Crippen molar-refractivity contribution in [3.8, 4) is 0 Å². The fraction of sp³-hybridized carbons (Fsp3) is 0.684. The SMILES string of the molecule is CCNC(=NCc1ccnc(N(C)C)c1)NCCCC1CCCC1.I. The number of guanidine groups is 1. The number of rotatable bonds is 8. The largest absolute Gasteiger partial charge is 0.363 e. The molecule has 1 fully saturated rings. The maximum atomic E-state index is 4.70. The van der Waals surface area contributed by atoms with Crippen molar-refractivity contribution in [2.24, 2.45) is 10.9 Å². The number of nitrogens with zero attached hydrogens (tertiary/aromatic N) is 3. The molecule has 5 nitrogen and oxygen atoms in total. The third kappa shape index (κ3) is 8.25. The quantitative estimate of drug-likeness (QED) is 0.269. The molecule has 0 bridgehead atoms. The molecule has 1 saturated carbocycles. The van der Waals surface area contributed by atoms with Crippen LogP contribution in [0.1, 0.15) is 51.0 Å². The van der Waals surface area contributed by atoms with Gasteiger partial charge in [-0.15, -0.1) is 24.0 Å². The van der Waals surface area contributed by atoms with E-state index < -0.39 is 0 Å². The van der Waals surface area contributed by atoms with Gasteiger partial charge in [-0.2, -0.15) is 0 Å². The van der Waals surface area contributed by atoms with E-state index in [-0.39, 0.29) is 24.0 Å². The zero-order valence-electron chi connectivity index (χ0n) is 15.9. The molecule has 0 aromatic carbocycles. The summed E-state index contributed by atoms with van der Waals surface area (Å²) < 4.78 is 0. The second-order valence-corrected chi connectivity index (χ2v) is 6.83. The third-order valence-corrected chi connectivity index (χ3v) is 4.59. The summed E-state index contributed by atoms with van der Waals surface area (Å²) in [6, 6.07) is 4.12. The van der Waals surface area contributed by atoms with E-state index in [2.05, 4.69) is 28.6 Å². The lowest BCUT2D eigenvalue weighted by Gasteiger charge is -2.14. The molecule has 2 rings (SSSR count). The van der Waals surface area contributed by atoms with Crippen LogP contribution in [-0.2, 0) is 6.54 Å². The van der Waals surface area contributed by atoms with E-state index in [1.165, 1.54) is 44.1 Å². The predicted molar refractivity (Wildman–Crippen MR) is 118 cm³/mol. The zero-order valence-corrected chi connectivity index (χ0v) is 18.3. The molecule has 0 spiro atoms. The molecule has 142 valence electrons. The monoisotopic (exact) mass is 459 g/mol. The molecular formula is C19H34IN5. The van der Waals surface area contributed by atoms with Gasteiger partial charge >= 0.3 is 0 Å². The van der Waals surface area contributed by atoms with Crippen molar-refractivity contribution in [1.29, 1.82) is 0 Å². The lowest BCUT2D eigenvalue weighted by Crippen LogP contribution is -2.37. The Morgan fingerprint density at radius 1 is 1.28 bits per heavy atom. The minimum absolute atomic E-state index is 0. The van der Waals surface area contributed by atoms with Crippen LogP contribution in [0.3, 0.4) is 0 Å². The molecular weight excluding hydrogens is 425 g/mol.